The molecule has 1 saturated heterocycles. The lowest BCUT2D eigenvalue weighted by Gasteiger charge is -2.40. The maximum atomic E-state index is 12.0. The van der Waals surface area contributed by atoms with Crippen LogP contribution in [0.15, 0.2) is 0 Å². The Labute approximate surface area is 103 Å². The SMILES string of the molecule is CCCC(=O)C1CSC2(CCCCC2)N1C. The second-order valence-electron chi connectivity index (χ2n) is 5.16. The first kappa shape index (κ1) is 12.4. The van der Waals surface area contributed by atoms with Gasteiger partial charge in [-0.2, -0.15) is 0 Å². The van der Waals surface area contributed by atoms with Gasteiger partial charge in [-0.05, 0) is 26.3 Å². The Kier molecular flexibility index (Phi) is 3.96. The maximum absolute atomic E-state index is 12.0. The van der Waals surface area contributed by atoms with Crippen molar-refractivity contribution in [2.75, 3.05) is 12.8 Å². The Morgan fingerprint density at radius 2 is 2.06 bits per heavy atom. The molecule has 0 bridgehead atoms. The van der Waals surface area contributed by atoms with E-state index in [1.807, 2.05) is 11.8 Å². The fourth-order valence-corrected chi connectivity index (χ4v) is 4.84. The highest BCUT2D eigenvalue weighted by molar-refractivity contribution is 8.00. The molecule has 92 valence electrons. The van der Waals surface area contributed by atoms with Crippen LogP contribution in [0.2, 0.25) is 0 Å². The van der Waals surface area contributed by atoms with E-state index in [4.69, 9.17) is 0 Å². The van der Waals surface area contributed by atoms with Crippen LogP contribution < -0.4 is 0 Å². The first-order chi connectivity index (χ1) is 7.69. The van der Waals surface area contributed by atoms with Crippen molar-refractivity contribution in [3.63, 3.8) is 0 Å². The van der Waals surface area contributed by atoms with Crippen LogP contribution in [-0.2, 0) is 4.79 Å². The first-order valence-corrected chi connectivity index (χ1v) is 7.58. The molecular formula is C13H23NOS. The summed E-state index contributed by atoms with van der Waals surface area (Å²) in [5.41, 5.74) is 0. The molecule has 16 heavy (non-hydrogen) atoms. The largest absolute Gasteiger partial charge is 0.298 e. The summed E-state index contributed by atoms with van der Waals surface area (Å²) in [6, 6.07) is 0.197. The zero-order valence-corrected chi connectivity index (χ0v) is 11.3. The molecule has 1 saturated carbocycles. The molecular weight excluding hydrogens is 218 g/mol. The van der Waals surface area contributed by atoms with Crippen molar-refractivity contribution in [3.05, 3.63) is 0 Å². The van der Waals surface area contributed by atoms with Crippen LogP contribution in [0.4, 0.5) is 0 Å². The van der Waals surface area contributed by atoms with E-state index in [1.165, 1.54) is 32.1 Å². The molecule has 1 atom stereocenters. The van der Waals surface area contributed by atoms with E-state index in [-0.39, 0.29) is 6.04 Å². The van der Waals surface area contributed by atoms with Crippen LogP contribution >= 0.6 is 11.8 Å². The third-order valence-corrected chi connectivity index (χ3v) is 5.84. The summed E-state index contributed by atoms with van der Waals surface area (Å²) in [4.78, 5) is 14.7. The third-order valence-electron chi connectivity index (χ3n) is 4.12. The van der Waals surface area contributed by atoms with Crippen molar-refractivity contribution in [1.82, 2.24) is 4.90 Å². The van der Waals surface area contributed by atoms with Gasteiger partial charge in [0.15, 0.2) is 5.78 Å². The van der Waals surface area contributed by atoms with Crippen molar-refractivity contribution in [2.24, 2.45) is 0 Å². The van der Waals surface area contributed by atoms with E-state index in [1.54, 1.807) is 0 Å². The summed E-state index contributed by atoms with van der Waals surface area (Å²) in [7, 11) is 2.17. The lowest BCUT2D eigenvalue weighted by molar-refractivity contribution is -0.123. The number of hydrogen-bond donors (Lipinski definition) is 0. The maximum Gasteiger partial charge on any atom is 0.150 e. The minimum Gasteiger partial charge on any atom is -0.298 e. The zero-order chi connectivity index (χ0) is 11.6. The molecule has 2 nitrogen and oxygen atoms in total. The summed E-state index contributed by atoms with van der Waals surface area (Å²) >= 11 is 2.04. The van der Waals surface area contributed by atoms with Gasteiger partial charge in [0, 0.05) is 12.2 Å². The minimum atomic E-state index is 0.197. The Hall–Kier alpha value is -0.0200. The van der Waals surface area contributed by atoms with E-state index >= 15 is 0 Å². The predicted octanol–water partition coefficient (Wildman–Crippen LogP) is 3.06. The Morgan fingerprint density at radius 1 is 1.38 bits per heavy atom. The molecule has 0 aromatic rings. The Morgan fingerprint density at radius 3 is 2.69 bits per heavy atom. The number of rotatable bonds is 3. The Balaban J connectivity index is 2.02. The third kappa shape index (κ3) is 2.17. The van der Waals surface area contributed by atoms with E-state index in [0.717, 1.165) is 18.6 Å². The second-order valence-corrected chi connectivity index (χ2v) is 6.54. The smallest absolute Gasteiger partial charge is 0.150 e. The summed E-state index contributed by atoms with van der Waals surface area (Å²) in [5.74, 6) is 1.48. The van der Waals surface area contributed by atoms with Gasteiger partial charge in [-0.25, -0.2) is 0 Å². The van der Waals surface area contributed by atoms with Gasteiger partial charge in [-0.15, -0.1) is 11.8 Å². The predicted molar refractivity (Wildman–Crippen MR) is 69.7 cm³/mol. The van der Waals surface area contributed by atoms with Crippen molar-refractivity contribution >= 4 is 17.5 Å². The van der Waals surface area contributed by atoms with Gasteiger partial charge in [0.2, 0.25) is 0 Å². The number of nitrogens with zero attached hydrogens (tertiary/aromatic N) is 1. The quantitative estimate of drug-likeness (QED) is 0.757. The average Bonchev–Trinajstić information content (AvgIpc) is 2.59. The summed E-state index contributed by atoms with van der Waals surface area (Å²) < 4.78 is 0. The second kappa shape index (κ2) is 5.09. The van der Waals surface area contributed by atoms with Gasteiger partial charge >= 0.3 is 0 Å². The van der Waals surface area contributed by atoms with Crippen molar-refractivity contribution in [1.29, 1.82) is 0 Å². The highest BCUT2D eigenvalue weighted by Gasteiger charge is 2.47. The van der Waals surface area contributed by atoms with Gasteiger partial charge in [-0.1, -0.05) is 26.2 Å². The number of likely N-dealkylation sites (N-methyl/N-ethyl adjacent to an activating group) is 1. The summed E-state index contributed by atoms with van der Waals surface area (Å²) in [6.45, 7) is 2.09. The minimum absolute atomic E-state index is 0.197. The van der Waals surface area contributed by atoms with E-state index < -0.39 is 0 Å². The molecule has 2 rings (SSSR count). The Bertz CT molecular complexity index is 261. The van der Waals surface area contributed by atoms with Gasteiger partial charge in [0.05, 0.1) is 10.9 Å². The van der Waals surface area contributed by atoms with E-state index in [0.29, 0.717) is 10.7 Å². The van der Waals surface area contributed by atoms with Crippen LogP contribution in [0.25, 0.3) is 0 Å². The molecule has 0 aromatic heterocycles. The summed E-state index contributed by atoms with van der Waals surface area (Å²) in [6.07, 6.45) is 8.36. The molecule has 1 aliphatic carbocycles. The topological polar surface area (TPSA) is 20.3 Å². The summed E-state index contributed by atoms with van der Waals surface area (Å²) in [5, 5.41) is 0. The normalized spacial score (nSPS) is 29.8. The molecule has 0 amide bonds. The number of carbonyl (C=O) groups is 1. The molecule has 0 radical (unpaired) electrons. The number of thioether (sulfide) groups is 1. The van der Waals surface area contributed by atoms with Crippen molar-refractivity contribution < 1.29 is 4.79 Å². The van der Waals surface area contributed by atoms with Crippen LogP contribution in [0.5, 0.6) is 0 Å². The number of ketones is 1. The molecule has 1 heterocycles. The molecule has 3 heteroatoms. The van der Waals surface area contributed by atoms with E-state index in [9.17, 15) is 4.79 Å². The number of hydrogen-bond acceptors (Lipinski definition) is 3. The fraction of sp³-hybridized carbons (Fsp3) is 0.923. The van der Waals surface area contributed by atoms with Crippen LogP contribution in [-0.4, -0.2) is 34.4 Å². The first-order valence-electron chi connectivity index (χ1n) is 6.59. The van der Waals surface area contributed by atoms with Crippen LogP contribution in [0, 0.1) is 0 Å². The number of carbonyl (C=O) groups excluding carboxylic acids is 1. The molecule has 0 N–H and O–H groups in total. The van der Waals surface area contributed by atoms with Crippen LogP contribution in [0.3, 0.4) is 0 Å². The molecule has 2 aliphatic rings. The lowest BCUT2D eigenvalue weighted by Crippen LogP contribution is -2.47. The van der Waals surface area contributed by atoms with Gasteiger partial charge in [0.25, 0.3) is 0 Å². The van der Waals surface area contributed by atoms with Crippen LogP contribution in [0.1, 0.15) is 51.9 Å². The van der Waals surface area contributed by atoms with Gasteiger partial charge in [-0.3, -0.25) is 9.69 Å². The average molecular weight is 241 g/mol. The highest BCUT2D eigenvalue weighted by atomic mass is 32.2. The van der Waals surface area contributed by atoms with E-state index in [2.05, 4.69) is 18.9 Å². The van der Waals surface area contributed by atoms with Crippen molar-refractivity contribution in [3.8, 4) is 0 Å². The molecule has 0 aromatic carbocycles. The fourth-order valence-electron chi connectivity index (χ4n) is 3.05. The molecule has 1 spiro atoms. The molecule has 2 fully saturated rings. The van der Waals surface area contributed by atoms with Gasteiger partial charge < -0.3 is 0 Å². The lowest BCUT2D eigenvalue weighted by atomic mass is 9.92. The molecule has 1 unspecified atom stereocenters. The monoisotopic (exact) mass is 241 g/mol. The standard InChI is InChI=1S/C13H23NOS/c1-3-7-12(15)11-10-16-13(14(11)2)8-5-4-6-9-13/h11H,3-10H2,1-2H3. The highest BCUT2D eigenvalue weighted by Crippen LogP contribution is 2.48. The number of Topliss-reactive ketones (excluding diaryl/α,β-unsaturated/α-hetero) is 1. The zero-order valence-electron chi connectivity index (χ0n) is 10.5. The molecule has 1 aliphatic heterocycles. The van der Waals surface area contributed by atoms with Gasteiger partial charge in [0.1, 0.15) is 0 Å². The van der Waals surface area contributed by atoms with Crippen molar-refractivity contribution in [2.45, 2.75) is 62.8 Å².